The van der Waals surface area contributed by atoms with Crippen LogP contribution in [-0.4, -0.2) is 51.1 Å². The maximum absolute atomic E-state index is 14.5. The van der Waals surface area contributed by atoms with Crippen LogP contribution in [0, 0.1) is 5.82 Å². The topological polar surface area (TPSA) is 74.2 Å². The van der Waals surface area contributed by atoms with Crippen molar-refractivity contribution >= 4 is 72.6 Å². The van der Waals surface area contributed by atoms with Crippen molar-refractivity contribution in [2.45, 2.75) is 29.4 Å². The number of urea groups is 1. The van der Waals surface area contributed by atoms with Crippen LogP contribution in [-0.2, 0) is 4.79 Å². The van der Waals surface area contributed by atoms with Crippen molar-refractivity contribution in [1.82, 2.24) is 4.90 Å². The van der Waals surface area contributed by atoms with E-state index in [1.54, 1.807) is 24.3 Å². The molecule has 1 saturated heterocycles. The second kappa shape index (κ2) is 10.4. The predicted molar refractivity (Wildman–Crippen MR) is 135 cm³/mol. The van der Waals surface area contributed by atoms with Gasteiger partial charge in [-0.25, -0.2) is 19.1 Å². The molecule has 0 radical (unpaired) electrons. The third-order valence-electron chi connectivity index (χ3n) is 4.62. The van der Waals surface area contributed by atoms with E-state index in [9.17, 15) is 14.0 Å². The largest absolute Gasteiger partial charge is 0.491 e. The summed E-state index contributed by atoms with van der Waals surface area (Å²) in [6.07, 6.45) is -0.894. The first kappa shape index (κ1) is 25.5. The second-order valence-electron chi connectivity index (χ2n) is 7.52. The van der Waals surface area contributed by atoms with E-state index in [0.717, 1.165) is 9.80 Å². The van der Waals surface area contributed by atoms with Crippen molar-refractivity contribution in [3.8, 4) is 5.75 Å². The van der Waals surface area contributed by atoms with Crippen molar-refractivity contribution in [2.75, 3.05) is 23.1 Å². The summed E-state index contributed by atoms with van der Waals surface area (Å²) in [4.78, 5) is 32.0. The summed E-state index contributed by atoms with van der Waals surface area (Å²) in [5.74, 6) is -0.889. The highest BCUT2D eigenvalue weighted by molar-refractivity contribution is 9.25. The van der Waals surface area contributed by atoms with Crippen LogP contribution in [0.4, 0.5) is 20.6 Å². The first-order valence-electron chi connectivity index (χ1n) is 9.96. The van der Waals surface area contributed by atoms with Crippen LogP contribution in [0.2, 0.25) is 0 Å². The van der Waals surface area contributed by atoms with E-state index in [4.69, 9.17) is 16.3 Å². The minimum atomic E-state index is -1.01. The zero-order valence-electron chi connectivity index (χ0n) is 18.1. The fraction of sp³-hybridized carbons (Fsp3) is 0.318. The van der Waals surface area contributed by atoms with Crippen LogP contribution in [0.25, 0.3) is 0 Å². The molecule has 1 aliphatic heterocycles. The number of hydrogen-bond donors (Lipinski definition) is 1. The molecule has 2 aromatic rings. The maximum Gasteiger partial charge on any atom is 0.337 e. The number of anilines is 2. The zero-order chi connectivity index (χ0) is 24.3. The number of amides is 3. The van der Waals surface area contributed by atoms with Crippen LogP contribution in [0.15, 0.2) is 53.5 Å². The second-order valence-corrected chi connectivity index (χ2v) is 11.7. The lowest BCUT2D eigenvalue weighted by Gasteiger charge is -2.28. The van der Waals surface area contributed by atoms with E-state index in [1.165, 1.54) is 25.2 Å². The first-order chi connectivity index (χ1) is 15.5. The highest BCUT2D eigenvalue weighted by atomic mass is 79.9. The Kier molecular flexibility index (Phi) is 8.02. The summed E-state index contributed by atoms with van der Waals surface area (Å²) in [6, 6.07) is 12.2. The normalized spacial score (nSPS) is 16.7. The summed E-state index contributed by atoms with van der Waals surface area (Å²) < 4.78 is 19.3. The molecule has 7 nitrogen and oxygen atoms in total. The van der Waals surface area contributed by atoms with Crippen LogP contribution >= 0.6 is 43.5 Å². The molecule has 3 amide bonds. The van der Waals surface area contributed by atoms with Gasteiger partial charge in [-0.3, -0.25) is 9.69 Å². The molecule has 3 rings (SSSR count). The number of halogens is 4. The standard InChI is InChI=1S/C22H22Br2ClFN4O3/c1-13(2)33-15-8-6-7-14(11-15)27-20(22(23,24)12-25)28-18-19(31)29(3)21(32)30(18)17-10-5-4-9-16(17)26/h4-11,13,20,27H,12H2,1-3H3. The number of carbonyl (C=O) groups is 2. The van der Waals surface area contributed by atoms with Crippen LogP contribution in [0.5, 0.6) is 5.75 Å². The molecule has 1 heterocycles. The van der Waals surface area contributed by atoms with E-state index < -0.39 is 27.2 Å². The molecule has 0 aromatic heterocycles. The number of benzene rings is 2. The number of amidine groups is 1. The Morgan fingerprint density at radius 2 is 1.88 bits per heavy atom. The van der Waals surface area contributed by atoms with Crippen molar-refractivity contribution in [3.05, 3.63) is 54.3 Å². The van der Waals surface area contributed by atoms with Crippen molar-refractivity contribution in [1.29, 1.82) is 0 Å². The number of aliphatic imine (C=N–C) groups is 1. The average molecular weight is 605 g/mol. The summed E-state index contributed by atoms with van der Waals surface area (Å²) in [5, 5.41) is 3.20. The van der Waals surface area contributed by atoms with E-state index >= 15 is 0 Å². The number of nitrogens with zero attached hydrogens (tertiary/aromatic N) is 3. The fourth-order valence-corrected chi connectivity index (χ4v) is 3.63. The number of rotatable bonds is 8. The highest BCUT2D eigenvalue weighted by Gasteiger charge is 2.44. The Balaban J connectivity index is 2.05. The average Bonchev–Trinajstić information content (AvgIpc) is 2.97. The van der Waals surface area contributed by atoms with Crippen LogP contribution in [0.1, 0.15) is 13.8 Å². The van der Waals surface area contributed by atoms with Crippen molar-refractivity contribution in [2.24, 2.45) is 4.99 Å². The van der Waals surface area contributed by atoms with Gasteiger partial charge in [-0.1, -0.05) is 50.1 Å². The smallest absolute Gasteiger partial charge is 0.337 e. The van der Waals surface area contributed by atoms with Crippen LogP contribution < -0.4 is 15.0 Å². The Labute approximate surface area is 213 Å². The number of hydrogen-bond acceptors (Lipinski definition) is 5. The molecular formula is C22H22Br2ClFN4O3. The summed E-state index contributed by atoms with van der Waals surface area (Å²) in [5.41, 5.74) is 0.559. The van der Waals surface area contributed by atoms with Gasteiger partial charge in [0, 0.05) is 18.8 Å². The van der Waals surface area contributed by atoms with Gasteiger partial charge in [-0.2, -0.15) is 0 Å². The third-order valence-corrected chi connectivity index (χ3v) is 7.11. The fourth-order valence-electron chi connectivity index (χ4n) is 3.05. The van der Waals surface area contributed by atoms with E-state index in [2.05, 4.69) is 42.2 Å². The molecule has 11 heteroatoms. The Morgan fingerprint density at radius 3 is 2.52 bits per heavy atom. The van der Waals surface area contributed by atoms with Gasteiger partial charge in [-0.05, 0) is 38.1 Å². The number of ether oxygens (including phenoxy) is 1. The van der Waals surface area contributed by atoms with E-state index in [0.29, 0.717) is 11.4 Å². The Hall–Kier alpha value is -2.17. The summed E-state index contributed by atoms with van der Waals surface area (Å²) >= 11 is 13.1. The number of imide groups is 1. The van der Waals surface area contributed by atoms with E-state index in [1.807, 2.05) is 19.9 Å². The molecule has 1 atom stereocenters. The molecule has 1 fully saturated rings. The molecule has 2 aromatic carbocycles. The molecule has 0 saturated carbocycles. The lowest BCUT2D eigenvalue weighted by Crippen LogP contribution is -2.41. The van der Waals surface area contributed by atoms with Gasteiger partial charge in [0.15, 0.2) is 0 Å². The number of carbonyl (C=O) groups excluding carboxylic acids is 2. The maximum atomic E-state index is 14.5. The third kappa shape index (κ3) is 5.67. The SMILES string of the molecule is CC(C)Oc1cccc(NC(N=C2C(=O)N(C)C(=O)N2c2ccccc2F)C(Br)(Br)CCl)c1. The lowest BCUT2D eigenvalue weighted by atomic mass is 10.2. The molecule has 0 spiro atoms. The number of likely N-dealkylation sites (N-methyl/N-ethyl adjacent to an activating group) is 1. The van der Waals surface area contributed by atoms with Gasteiger partial charge < -0.3 is 10.1 Å². The predicted octanol–water partition coefficient (Wildman–Crippen LogP) is 5.57. The quantitative estimate of drug-likeness (QED) is 0.316. The van der Waals surface area contributed by atoms with Gasteiger partial charge in [0.05, 0.1) is 17.7 Å². The van der Waals surface area contributed by atoms with Crippen LogP contribution in [0.3, 0.4) is 0 Å². The first-order valence-corrected chi connectivity index (χ1v) is 12.1. The molecular weight excluding hydrogens is 583 g/mol. The highest BCUT2D eigenvalue weighted by Crippen LogP contribution is 2.36. The van der Waals surface area contributed by atoms with Gasteiger partial charge >= 0.3 is 6.03 Å². The summed E-state index contributed by atoms with van der Waals surface area (Å²) in [7, 11) is 1.31. The minimum Gasteiger partial charge on any atom is -0.491 e. The molecule has 0 bridgehead atoms. The number of para-hydroxylation sites is 1. The Morgan fingerprint density at radius 1 is 1.18 bits per heavy atom. The molecule has 1 unspecified atom stereocenters. The van der Waals surface area contributed by atoms with Crippen molar-refractivity contribution in [3.63, 3.8) is 0 Å². The lowest BCUT2D eigenvalue weighted by molar-refractivity contribution is -0.119. The van der Waals surface area contributed by atoms with Gasteiger partial charge in [0.1, 0.15) is 21.0 Å². The van der Waals surface area contributed by atoms with Gasteiger partial charge in [0.2, 0.25) is 5.84 Å². The number of alkyl halides is 3. The Bertz CT molecular complexity index is 1080. The molecule has 1 aliphatic rings. The van der Waals surface area contributed by atoms with Gasteiger partial charge in [0.25, 0.3) is 5.91 Å². The number of nitrogens with one attached hydrogen (secondary N) is 1. The zero-order valence-corrected chi connectivity index (χ0v) is 22.0. The molecule has 176 valence electrons. The molecule has 0 aliphatic carbocycles. The minimum absolute atomic E-state index is 0.0161. The molecule has 1 N–H and O–H groups in total. The van der Waals surface area contributed by atoms with E-state index in [-0.39, 0.29) is 23.5 Å². The summed E-state index contributed by atoms with van der Waals surface area (Å²) in [6.45, 7) is 3.84. The molecule has 33 heavy (non-hydrogen) atoms. The monoisotopic (exact) mass is 602 g/mol. The van der Waals surface area contributed by atoms with Gasteiger partial charge in [-0.15, -0.1) is 11.6 Å². The van der Waals surface area contributed by atoms with Crippen molar-refractivity contribution < 1.29 is 18.7 Å².